The number of nitrogens with zero attached hydrogens (tertiary/aromatic N) is 1. The van der Waals surface area contributed by atoms with Crippen LogP contribution in [0.1, 0.15) is 5.01 Å². The highest BCUT2D eigenvalue weighted by Crippen LogP contribution is 2.04. The molecule has 0 radical (unpaired) electrons. The van der Waals surface area contributed by atoms with Gasteiger partial charge >= 0.3 is 0 Å². The Morgan fingerprint density at radius 3 is 3.11 bits per heavy atom. The fraction of sp³-hybridized carbons (Fsp3) is 0. The molecule has 0 saturated carbocycles. The molecule has 1 rings (SSSR count). The molecule has 0 spiro atoms. The van der Waals surface area contributed by atoms with Gasteiger partial charge in [0, 0.05) is 11.6 Å². The zero-order valence-corrected chi connectivity index (χ0v) is 5.77. The smallest absolute Gasteiger partial charge is 0.115 e. The average molecular weight is 137 g/mol. The molecule has 0 fully saturated rings. The Kier molecular flexibility index (Phi) is 2.22. The molecule has 0 aliphatic carbocycles. The fourth-order valence-electron chi connectivity index (χ4n) is 0.467. The molecule has 0 atom stereocenters. The summed E-state index contributed by atoms with van der Waals surface area (Å²) >= 11 is 1.62. The molecule has 0 bridgehead atoms. The zero-order chi connectivity index (χ0) is 6.53. The zero-order valence-electron chi connectivity index (χ0n) is 4.95. The van der Waals surface area contributed by atoms with Crippen molar-refractivity contribution in [1.82, 2.24) is 4.98 Å². The van der Waals surface area contributed by atoms with E-state index in [0.717, 1.165) is 5.01 Å². The van der Waals surface area contributed by atoms with Crippen LogP contribution in [0.25, 0.3) is 6.08 Å². The molecule has 0 aliphatic rings. The average Bonchev–Trinajstić information content (AvgIpc) is 2.34. The molecule has 0 unspecified atom stereocenters. The molecule has 1 heterocycles. The summed E-state index contributed by atoms with van der Waals surface area (Å²) in [5, 5.41) is 2.97. The van der Waals surface area contributed by atoms with Gasteiger partial charge in [0.1, 0.15) is 5.01 Å². The van der Waals surface area contributed by atoms with Crippen molar-refractivity contribution in [3.05, 3.63) is 35.3 Å². The summed E-state index contributed by atoms with van der Waals surface area (Å²) in [7, 11) is 0. The summed E-state index contributed by atoms with van der Waals surface area (Å²) < 4.78 is 0. The van der Waals surface area contributed by atoms with E-state index in [9.17, 15) is 0 Å². The Morgan fingerprint density at radius 2 is 2.56 bits per heavy atom. The van der Waals surface area contributed by atoms with Crippen LogP contribution < -0.4 is 0 Å². The van der Waals surface area contributed by atoms with Gasteiger partial charge < -0.3 is 0 Å². The first-order chi connectivity index (χ1) is 4.43. The number of rotatable bonds is 2. The van der Waals surface area contributed by atoms with Gasteiger partial charge in [-0.1, -0.05) is 18.7 Å². The minimum Gasteiger partial charge on any atom is -0.245 e. The first-order valence-electron chi connectivity index (χ1n) is 2.62. The van der Waals surface area contributed by atoms with E-state index in [1.165, 1.54) is 0 Å². The second-order valence-corrected chi connectivity index (χ2v) is 2.39. The van der Waals surface area contributed by atoms with E-state index < -0.39 is 0 Å². The van der Waals surface area contributed by atoms with Crippen molar-refractivity contribution in [2.45, 2.75) is 0 Å². The minimum absolute atomic E-state index is 1.02. The van der Waals surface area contributed by atoms with E-state index in [-0.39, 0.29) is 0 Å². The second-order valence-electron chi connectivity index (χ2n) is 1.47. The van der Waals surface area contributed by atoms with Gasteiger partial charge in [0.15, 0.2) is 0 Å². The van der Waals surface area contributed by atoms with Gasteiger partial charge in [-0.15, -0.1) is 11.3 Å². The van der Waals surface area contributed by atoms with Crippen molar-refractivity contribution in [3.63, 3.8) is 0 Å². The molecule has 1 aromatic rings. The SMILES string of the molecule is C=C/C=C/c1nccs1. The molecule has 1 aromatic heterocycles. The summed E-state index contributed by atoms with van der Waals surface area (Å²) in [6, 6.07) is 0. The van der Waals surface area contributed by atoms with E-state index in [4.69, 9.17) is 0 Å². The Morgan fingerprint density at radius 1 is 1.67 bits per heavy atom. The van der Waals surface area contributed by atoms with Crippen LogP contribution in [0.4, 0.5) is 0 Å². The molecule has 46 valence electrons. The predicted molar refractivity (Wildman–Crippen MR) is 41.3 cm³/mol. The number of aromatic nitrogens is 1. The first-order valence-corrected chi connectivity index (χ1v) is 3.50. The summed E-state index contributed by atoms with van der Waals surface area (Å²) in [5.41, 5.74) is 0. The molecule has 2 heteroatoms. The largest absolute Gasteiger partial charge is 0.245 e. The summed E-state index contributed by atoms with van der Waals surface area (Å²) in [6.07, 6.45) is 7.32. The lowest BCUT2D eigenvalue weighted by Gasteiger charge is -1.74. The third-order valence-electron chi connectivity index (χ3n) is 0.826. The van der Waals surface area contributed by atoms with Crippen LogP contribution in [0.3, 0.4) is 0 Å². The van der Waals surface area contributed by atoms with Crippen LogP contribution in [0, 0.1) is 0 Å². The van der Waals surface area contributed by atoms with E-state index in [1.807, 2.05) is 17.5 Å². The van der Waals surface area contributed by atoms with Crippen molar-refractivity contribution in [2.75, 3.05) is 0 Å². The minimum atomic E-state index is 1.02. The molecular formula is C7H7NS. The summed E-state index contributed by atoms with van der Waals surface area (Å²) in [4.78, 5) is 4.04. The maximum Gasteiger partial charge on any atom is 0.115 e. The highest BCUT2D eigenvalue weighted by Gasteiger charge is 1.82. The van der Waals surface area contributed by atoms with Crippen LogP contribution in [0.2, 0.25) is 0 Å². The third kappa shape index (κ3) is 1.82. The van der Waals surface area contributed by atoms with Crippen molar-refractivity contribution in [3.8, 4) is 0 Å². The van der Waals surface area contributed by atoms with Gasteiger partial charge in [-0.2, -0.15) is 0 Å². The van der Waals surface area contributed by atoms with Crippen molar-refractivity contribution < 1.29 is 0 Å². The molecule has 0 aromatic carbocycles. The van der Waals surface area contributed by atoms with Crippen LogP contribution in [-0.4, -0.2) is 4.98 Å². The summed E-state index contributed by atoms with van der Waals surface area (Å²) in [6.45, 7) is 3.55. The van der Waals surface area contributed by atoms with Gasteiger partial charge in [0.25, 0.3) is 0 Å². The standard InChI is InChI=1S/C7H7NS/c1-2-3-4-7-8-5-6-9-7/h2-6H,1H2/b4-3+. The Balaban J connectivity index is 2.67. The lowest BCUT2D eigenvalue weighted by molar-refractivity contribution is 1.39. The van der Waals surface area contributed by atoms with Crippen LogP contribution in [0.15, 0.2) is 30.3 Å². The number of hydrogen-bond donors (Lipinski definition) is 0. The maximum atomic E-state index is 4.04. The van der Waals surface area contributed by atoms with Crippen LogP contribution in [-0.2, 0) is 0 Å². The van der Waals surface area contributed by atoms with Crippen LogP contribution in [0.5, 0.6) is 0 Å². The van der Waals surface area contributed by atoms with Crippen molar-refractivity contribution in [2.24, 2.45) is 0 Å². The second kappa shape index (κ2) is 3.20. The molecule has 0 N–H and O–H groups in total. The molecule has 1 nitrogen and oxygen atoms in total. The number of hydrogen-bond acceptors (Lipinski definition) is 2. The van der Waals surface area contributed by atoms with E-state index in [2.05, 4.69) is 11.6 Å². The lowest BCUT2D eigenvalue weighted by atomic mass is 10.5. The summed E-state index contributed by atoms with van der Waals surface area (Å²) in [5.74, 6) is 0. The quantitative estimate of drug-likeness (QED) is 0.570. The monoisotopic (exact) mass is 137 g/mol. The molecular weight excluding hydrogens is 130 g/mol. The fourth-order valence-corrected chi connectivity index (χ4v) is 1.01. The Bertz CT molecular complexity index is 199. The molecule has 9 heavy (non-hydrogen) atoms. The maximum absolute atomic E-state index is 4.04. The molecule has 0 aliphatic heterocycles. The van der Waals surface area contributed by atoms with Gasteiger partial charge in [0.2, 0.25) is 0 Å². The van der Waals surface area contributed by atoms with Gasteiger partial charge in [-0.25, -0.2) is 4.98 Å². The third-order valence-corrected chi connectivity index (χ3v) is 1.57. The van der Waals surface area contributed by atoms with E-state index >= 15 is 0 Å². The molecule has 0 saturated heterocycles. The van der Waals surface area contributed by atoms with Crippen LogP contribution >= 0.6 is 11.3 Å². The normalized spacial score (nSPS) is 10.2. The Labute approximate surface area is 58.4 Å². The van der Waals surface area contributed by atoms with E-state index in [1.54, 1.807) is 23.6 Å². The highest BCUT2D eigenvalue weighted by atomic mass is 32.1. The van der Waals surface area contributed by atoms with Crippen molar-refractivity contribution >= 4 is 17.4 Å². The lowest BCUT2D eigenvalue weighted by Crippen LogP contribution is -1.61. The topological polar surface area (TPSA) is 12.9 Å². The number of allylic oxidation sites excluding steroid dienone is 2. The Hall–Kier alpha value is -0.890. The first kappa shape index (κ1) is 6.23. The van der Waals surface area contributed by atoms with Crippen molar-refractivity contribution in [1.29, 1.82) is 0 Å². The van der Waals surface area contributed by atoms with E-state index in [0.29, 0.717) is 0 Å². The van der Waals surface area contributed by atoms with Gasteiger partial charge in [-0.3, -0.25) is 0 Å². The predicted octanol–water partition coefficient (Wildman–Crippen LogP) is 2.34. The molecule has 0 amide bonds. The highest BCUT2D eigenvalue weighted by molar-refractivity contribution is 7.10. The van der Waals surface area contributed by atoms with Gasteiger partial charge in [-0.05, 0) is 6.08 Å². The van der Waals surface area contributed by atoms with Gasteiger partial charge in [0.05, 0.1) is 0 Å². The number of thiazole rings is 1.